The first-order chi connectivity index (χ1) is 17.1. The van der Waals surface area contributed by atoms with Crippen LogP contribution in [0, 0.1) is 0 Å². The second kappa shape index (κ2) is 9.59. The Kier molecular flexibility index (Phi) is 6.36. The first-order valence-corrected chi connectivity index (χ1v) is 14.6. The smallest absolute Gasteiger partial charge is 0.126 e. The molecule has 0 unspecified atom stereocenters. The van der Waals surface area contributed by atoms with Crippen LogP contribution in [-0.2, 0) is 0 Å². The highest BCUT2D eigenvalue weighted by Gasteiger charge is 2.54. The lowest BCUT2D eigenvalue weighted by Crippen LogP contribution is -2.43. The molecule has 0 N–H and O–H groups in total. The molecule has 0 amide bonds. The minimum Gasteiger partial charge on any atom is -0.264 e. The molecule has 0 spiro atoms. The second-order valence-corrected chi connectivity index (χ2v) is 14.9. The minimum absolute atomic E-state index is 0.479. The van der Waals surface area contributed by atoms with Crippen LogP contribution in [-0.4, -0.2) is 18.0 Å². The van der Waals surface area contributed by atoms with E-state index in [1.54, 1.807) is 0 Å². The van der Waals surface area contributed by atoms with E-state index in [9.17, 15) is 0 Å². The Morgan fingerprint density at radius 3 is 1.17 bits per heavy atom. The molecule has 3 heteroatoms. The molecule has 0 radical (unpaired) electrons. The van der Waals surface area contributed by atoms with Gasteiger partial charge in [-0.3, -0.25) is 9.97 Å². The summed E-state index contributed by atoms with van der Waals surface area (Å²) in [7, 11) is -2.34. The van der Waals surface area contributed by atoms with Crippen molar-refractivity contribution in [3.8, 4) is 0 Å². The molecule has 4 aromatic rings. The van der Waals surface area contributed by atoms with Crippen LogP contribution in [0.25, 0.3) is 21.5 Å². The predicted octanol–water partition coefficient (Wildman–Crippen LogP) is 8.36. The van der Waals surface area contributed by atoms with Crippen LogP contribution >= 0.6 is 0 Å². The van der Waals surface area contributed by atoms with Gasteiger partial charge in [-0.25, -0.2) is 0 Å². The third kappa shape index (κ3) is 3.80. The predicted molar refractivity (Wildman–Crippen MR) is 151 cm³/mol. The lowest BCUT2D eigenvalue weighted by atomic mass is 9.89. The van der Waals surface area contributed by atoms with Gasteiger partial charge in [0.25, 0.3) is 0 Å². The monoisotopic (exact) mass is 472 g/mol. The van der Waals surface area contributed by atoms with E-state index < -0.39 is 8.07 Å². The van der Waals surface area contributed by atoms with Crippen molar-refractivity contribution >= 4 is 29.6 Å². The Bertz CT molecular complexity index is 1250. The van der Waals surface area contributed by atoms with Gasteiger partial charge in [-0.05, 0) is 67.0 Å². The van der Waals surface area contributed by atoms with Crippen LogP contribution in [0.4, 0.5) is 0 Å². The molecule has 35 heavy (non-hydrogen) atoms. The van der Waals surface area contributed by atoms with E-state index in [1.165, 1.54) is 43.8 Å². The van der Waals surface area contributed by atoms with Gasteiger partial charge in [-0.15, -0.1) is 0 Å². The van der Waals surface area contributed by atoms with Crippen molar-refractivity contribution in [1.29, 1.82) is 0 Å². The summed E-state index contributed by atoms with van der Waals surface area (Å²) in [5, 5.41) is 3.00. The summed E-state index contributed by atoms with van der Waals surface area (Å²) >= 11 is 0. The van der Waals surface area contributed by atoms with E-state index in [2.05, 4.69) is 135 Å². The highest BCUT2D eigenvalue weighted by Crippen LogP contribution is 2.62. The van der Waals surface area contributed by atoms with Crippen LogP contribution in [0.3, 0.4) is 0 Å². The molecule has 1 aliphatic rings. The summed E-state index contributed by atoms with van der Waals surface area (Å²) in [6, 6.07) is 30.6. The van der Waals surface area contributed by atoms with Crippen molar-refractivity contribution in [2.24, 2.45) is 0 Å². The van der Waals surface area contributed by atoms with E-state index in [0.717, 1.165) is 0 Å². The van der Waals surface area contributed by atoms with Gasteiger partial charge in [0.05, 0.1) is 0 Å². The van der Waals surface area contributed by atoms with Gasteiger partial charge in [0.2, 0.25) is 0 Å². The van der Waals surface area contributed by atoms with Crippen LogP contribution in [0.2, 0.25) is 11.1 Å². The Labute approximate surface area is 210 Å². The molecule has 0 atom stereocenters. The zero-order valence-corrected chi connectivity index (χ0v) is 21.9. The molecule has 174 valence electrons. The molecule has 2 aromatic carbocycles. The van der Waals surface area contributed by atoms with Crippen molar-refractivity contribution in [3.05, 3.63) is 132 Å². The number of pyridine rings is 2. The van der Waals surface area contributed by atoms with Crippen LogP contribution < -0.4 is 0 Å². The number of nitrogens with zero attached hydrogens (tertiary/aromatic N) is 2. The number of hydrogen-bond acceptors (Lipinski definition) is 2. The maximum absolute atomic E-state index is 4.59. The zero-order valence-electron chi connectivity index (χ0n) is 20.9. The molecular formula is C32H32N2Si. The lowest BCUT2D eigenvalue weighted by Gasteiger charge is -2.41. The number of allylic oxidation sites excluding steroid dienone is 2. The molecule has 2 nitrogen and oxygen atoms in total. The normalized spacial score (nSPS) is 15.4. The topological polar surface area (TPSA) is 25.8 Å². The number of rotatable bonds is 6. The zero-order chi connectivity index (χ0) is 24.4. The van der Waals surface area contributed by atoms with Crippen molar-refractivity contribution in [1.82, 2.24) is 9.97 Å². The maximum atomic E-state index is 4.59. The van der Waals surface area contributed by atoms with Crippen molar-refractivity contribution < 1.29 is 0 Å². The molecule has 2 aromatic heterocycles. The summed E-state index contributed by atoms with van der Waals surface area (Å²) in [6.07, 6.45) is 7.89. The Morgan fingerprint density at radius 1 is 0.486 bits per heavy atom. The highest BCUT2D eigenvalue weighted by molar-refractivity contribution is 7.16. The standard InChI is InChI=1S/C32H32N2Si/c1-23(2)35(24(3)4)31(27-17-11-19-33-21-27)29(25-13-7-5-8-14-25)30(26-15-9-6-10-16-26)32(35)28-18-12-20-34-22-28/h5-24H,1-4H3. The number of benzene rings is 2. The molecule has 0 bridgehead atoms. The molecular weight excluding hydrogens is 440 g/mol. The largest absolute Gasteiger partial charge is 0.264 e. The fourth-order valence-corrected chi connectivity index (χ4v) is 12.7. The molecule has 5 rings (SSSR count). The van der Waals surface area contributed by atoms with Gasteiger partial charge in [0.1, 0.15) is 8.07 Å². The fraction of sp³-hybridized carbons (Fsp3) is 0.188. The minimum atomic E-state index is -2.34. The average Bonchev–Trinajstić information content (AvgIpc) is 3.24. The third-order valence-corrected chi connectivity index (χ3v) is 13.8. The van der Waals surface area contributed by atoms with E-state index in [-0.39, 0.29) is 0 Å². The van der Waals surface area contributed by atoms with Gasteiger partial charge >= 0.3 is 0 Å². The van der Waals surface area contributed by atoms with Crippen LogP contribution in [0.15, 0.2) is 110 Å². The summed E-state index contributed by atoms with van der Waals surface area (Å²) in [5.74, 6) is 0. The lowest BCUT2D eigenvalue weighted by molar-refractivity contribution is 0.932. The first-order valence-electron chi connectivity index (χ1n) is 12.5. The summed E-state index contributed by atoms with van der Waals surface area (Å²) < 4.78 is 0. The SMILES string of the molecule is CC(C)[Si]1(C(C)C)C(c2cccnc2)=C(c2ccccc2)C(c2ccccc2)=C1c1cccnc1. The molecule has 0 saturated heterocycles. The molecule has 0 fully saturated rings. The van der Waals surface area contributed by atoms with E-state index in [0.29, 0.717) is 11.1 Å². The van der Waals surface area contributed by atoms with Crippen LogP contribution in [0.5, 0.6) is 0 Å². The van der Waals surface area contributed by atoms with Crippen molar-refractivity contribution in [2.45, 2.75) is 38.8 Å². The summed E-state index contributed by atoms with van der Waals surface area (Å²) in [5.41, 5.74) is 8.70. The second-order valence-electron chi connectivity index (χ2n) is 9.89. The van der Waals surface area contributed by atoms with Gasteiger partial charge in [-0.2, -0.15) is 0 Å². The fourth-order valence-electron chi connectivity index (χ4n) is 6.18. The molecule has 1 aliphatic heterocycles. The number of hydrogen-bond donors (Lipinski definition) is 0. The Hall–Kier alpha value is -3.56. The molecule has 0 aliphatic carbocycles. The summed E-state index contributed by atoms with van der Waals surface area (Å²) in [4.78, 5) is 9.19. The molecule has 3 heterocycles. The van der Waals surface area contributed by atoms with Gasteiger partial charge in [0.15, 0.2) is 0 Å². The van der Waals surface area contributed by atoms with Crippen LogP contribution in [0.1, 0.15) is 49.9 Å². The van der Waals surface area contributed by atoms with Gasteiger partial charge in [-0.1, -0.05) is 100 Å². The first kappa shape index (κ1) is 23.2. The Balaban J connectivity index is 2.03. The number of aromatic nitrogens is 2. The summed E-state index contributed by atoms with van der Waals surface area (Å²) in [6.45, 7) is 9.70. The Morgan fingerprint density at radius 2 is 0.857 bits per heavy atom. The van der Waals surface area contributed by atoms with Crippen molar-refractivity contribution in [2.75, 3.05) is 0 Å². The maximum Gasteiger partial charge on any atom is 0.126 e. The quantitative estimate of drug-likeness (QED) is 0.263. The van der Waals surface area contributed by atoms with Gasteiger partial charge in [0, 0.05) is 24.8 Å². The third-order valence-electron chi connectivity index (χ3n) is 7.42. The van der Waals surface area contributed by atoms with Gasteiger partial charge < -0.3 is 0 Å². The highest BCUT2D eigenvalue weighted by atomic mass is 28.3. The van der Waals surface area contributed by atoms with E-state index >= 15 is 0 Å². The average molecular weight is 473 g/mol. The van der Waals surface area contributed by atoms with E-state index in [1.807, 2.05) is 12.4 Å². The molecule has 0 saturated carbocycles. The van der Waals surface area contributed by atoms with Crippen molar-refractivity contribution in [3.63, 3.8) is 0 Å². The van der Waals surface area contributed by atoms with E-state index in [4.69, 9.17) is 0 Å².